The van der Waals surface area contributed by atoms with Crippen molar-refractivity contribution in [1.29, 1.82) is 5.41 Å². The zero-order valence-corrected chi connectivity index (χ0v) is 9.20. The molecule has 0 atom stereocenters. The van der Waals surface area contributed by atoms with E-state index in [4.69, 9.17) is 11.1 Å². The first-order valence-electron chi connectivity index (χ1n) is 5.06. The fraction of sp³-hybridized carbons (Fsp3) is 0.500. The lowest BCUT2D eigenvalue weighted by Crippen LogP contribution is -2.24. The molecule has 15 heavy (non-hydrogen) atoms. The lowest BCUT2D eigenvalue weighted by atomic mass is 10.2. The Bertz CT molecular complexity index is 315. The number of aromatic nitrogens is 2. The van der Waals surface area contributed by atoms with E-state index >= 15 is 0 Å². The number of rotatable bonds is 5. The molecule has 82 valence electrons. The van der Waals surface area contributed by atoms with Crippen molar-refractivity contribution in [2.24, 2.45) is 5.73 Å². The fourth-order valence-electron chi connectivity index (χ4n) is 1.33. The Morgan fingerprint density at radius 3 is 2.27 bits per heavy atom. The predicted octanol–water partition coefficient (Wildman–Crippen LogP) is 0.801. The van der Waals surface area contributed by atoms with Crippen LogP contribution in [0.25, 0.3) is 0 Å². The van der Waals surface area contributed by atoms with Crippen LogP contribution in [0.5, 0.6) is 0 Å². The van der Waals surface area contributed by atoms with Crippen LogP contribution in [0.15, 0.2) is 12.4 Å². The Hall–Kier alpha value is -1.65. The topological polar surface area (TPSA) is 78.9 Å². The van der Waals surface area contributed by atoms with Crippen molar-refractivity contribution in [3.8, 4) is 0 Å². The second-order valence-corrected chi connectivity index (χ2v) is 3.27. The number of nitrogens with one attached hydrogen (secondary N) is 1. The van der Waals surface area contributed by atoms with Crippen molar-refractivity contribution in [2.45, 2.75) is 20.3 Å². The third-order valence-corrected chi connectivity index (χ3v) is 2.13. The monoisotopic (exact) mass is 207 g/mol. The van der Waals surface area contributed by atoms with Gasteiger partial charge < -0.3 is 10.6 Å². The first-order valence-corrected chi connectivity index (χ1v) is 5.06. The molecule has 1 aromatic heterocycles. The van der Waals surface area contributed by atoms with E-state index in [0.29, 0.717) is 6.42 Å². The molecule has 0 unspecified atom stereocenters. The average molecular weight is 207 g/mol. The van der Waals surface area contributed by atoms with E-state index in [-0.39, 0.29) is 5.84 Å². The third kappa shape index (κ3) is 3.19. The van der Waals surface area contributed by atoms with Gasteiger partial charge in [-0.15, -0.1) is 0 Å². The van der Waals surface area contributed by atoms with Gasteiger partial charge in [-0.3, -0.25) is 5.41 Å². The van der Waals surface area contributed by atoms with Crippen molar-refractivity contribution < 1.29 is 0 Å². The Morgan fingerprint density at radius 1 is 1.33 bits per heavy atom. The first kappa shape index (κ1) is 11.4. The molecular weight excluding hydrogens is 190 g/mol. The molecule has 5 heteroatoms. The predicted molar refractivity (Wildman–Crippen MR) is 61.2 cm³/mol. The van der Waals surface area contributed by atoms with Crippen LogP contribution in [-0.2, 0) is 6.42 Å². The second-order valence-electron chi connectivity index (χ2n) is 3.27. The van der Waals surface area contributed by atoms with E-state index < -0.39 is 0 Å². The van der Waals surface area contributed by atoms with Gasteiger partial charge in [-0.1, -0.05) is 0 Å². The Morgan fingerprint density at radius 2 is 1.87 bits per heavy atom. The molecule has 1 heterocycles. The summed E-state index contributed by atoms with van der Waals surface area (Å²) in [6.45, 7) is 5.91. The summed E-state index contributed by atoms with van der Waals surface area (Å²) in [7, 11) is 0. The molecule has 3 N–H and O–H groups in total. The summed E-state index contributed by atoms with van der Waals surface area (Å²) in [5, 5.41) is 7.15. The summed E-state index contributed by atoms with van der Waals surface area (Å²) in [6.07, 6.45) is 3.86. The molecule has 0 saturated carbocycles. The minimum Gasteiger partial charge on any atom is -0.387 e. The van der Waals surface area contributed by atoms with Gasteiger partial charge in [0.1, 0.15) is 0 Å². The number of amidine groups is 1. The molecule has 0 aliphatic heterocycles. The number of nitrogens with two attached hydrogens (primary N) is 1. The highest BCUT2D eigenvalue weighted by Gasteiger charge is 2.04. The van der Waals surface area contributed by atoms with E-state index in [1.807, 2.05) is 0 Å². The maximum absolute atomic E-state index is 7.15. The Kier molecular flexibility index (Phi) is 4.03. The molecule has 0 aliphatic rings. The zero-order valence-electron chi connectivity index (χ0n) is 9.20. The van der Waals surface area contributed by atoms with Gasteiger partial charge >= 0.3 is 0 Å². The van der Waals surface area contributed by atoms with Crippen molar-refractivity contribution in [2.75, 3.05) is 18.0 Å². The molecule has 0 aromatic carbocycles. The maximum Gasteiger partial charge on any atom is 0.225 e. The number of hydrogen-bond donors (Lipinski definition) is 2. The van der Waals surface area contributed by atoms with Crippen LogP contribution in [0.3, 0.4) is 0 Å². The van der Waals surface area contributed by atoms with Gasteiger partial charge in [-0.2, -0.15) is 0 Å². The average Bonchev–Trinajstić information content (AvgIpc) is 2.21. The van der Waals surface area contributed by atoms with Crippen molar-refractivity contribution in [3.63, 3.8) is 0 Å². The van der Waals surface area contributed by atoms with Gasteiger partial charge in [0.05, 0.1) is 5.84 Å². The maximum atomic E-state index is 7.15. The van der Waals surface area contributed by atoms with Gasteiger partial charge in [-0.25, -0.2) is 9.97 Å². The first-order chi connectivity index (χ1) is 7.17. The summed E-state index contributed by atoms with van der Waals surface area (Å²) in [5.41, 5.74) is 6.17. The van der Waals surface area contributed by atoms with E-state index in [0.717, 1.165) is 24.6 Å². The highest BCUT2D eigenvalue weighted by Crippen LogP contribution is 2.06. The number of anilines is 1. The second kappa shape index (κ2) is 5.29. The Labute approximate surface area is 89.8 Å². The van der Waals surface area contributed by atoms with Gasteiger partial charge in [0.15, 0.2) is 0 Å². The summed E-state index contributed by atoms with van der Waals surface area (Å²) in [4.78, 5) is 10.5. The quantitative estimate of drug-likeness (QED) is 0.553. The molecule has 0 amide bonds. The lowest BCUT2D eigenvalue weighted by molar-refractivity contribution is 0.818. The van der Waals surface area contributed by atoms with Gasteiger partial charge in [0.25, 0.3) is 0 Å². The van der Waals surface area contributed by atoms with Gasteiger partial charge in [0.2, 0.25) is 5.95 Å². The summed E-state index contributed by atoms with van der Waals surface area (Å²) in [5.74, 6) is 0.862. The van der Waals surface area contributed by atoms with Crippen LogP contribution < -0.4 is 10.6 Å². The summed E-state index contributed by atoms with van der Waals surface area (Å²) >= 11 is 0. The van der Waals surface area contributed by atoms with Gasteiger partial charge in [-0.05, 0) is 19.4 Å². The van der Waals surface area contributed by atoms with E-state index in [1.54, 1.807) is 12.4 Å². The molecule has 0 aliphatic carbocycles. The van der Waals surface area contributed by atoms with E-state index in [2.05, 4.69) is 28.7 Å². The molecule has 0 fully saturated rings. The minimum atomic E-state index is 0.134. The summed E-state index contributed by atoms with van der Waals surface area (Å²) in [6, 6.07) is 0. The standard InChI is InChI=1S/C10H17N5/c1-3-15(4-2)10-13-6-8(7-14-10)5-9(11)12/h6-7H,3-5H2,1-2H3,(H3,11,12). The van der Waals surface area contributed by atoms with Crippen LogP contribution in [0, 0.1) is 5.41 Å². The van der Waals surface area contributed by atoms with Crippen molar-refractivity contribution >= 4 is 11.8 Å². The van der Waals surface area contributed by atoms with E-state index in [1.165, 1.54) is 0 Å². The molecule has 0 spiro atoms. The van der Waals surface area contributed by atoms with Crippen LogP contribution in [0.4, 0.5) is 5.95 Å². The lowest BCUT2D eigenvalue weighted by Gasteiger charge is -2.17. The molecule has 1 rings (SSSR count). The van der Waals surface area contributed by atoms with E-state index in [9.17, 15) is 0 Å². The smallest absolute Gasteiger partial charge is 0.225 e. The normalized spacial score (nSPS) is 10.0. The largest absolute Gasteiger partial charge is 0.387 e. The zero-order chi connectivity index (χ0) is 11.3. The SMILES string of the molecule is CCN(CC)c1ncc(CC(=N)N)cn1. The van der Waals surface area contributed by atoms with Gasteiger partial charge in [0, 0.05) is 31.9 Å². The molecule has 0 bridgehead atoms. The fourth-order valence-corrected chi connectivity index (χ4v) is 1.33. The summed E-state index contributed by atoms with van der Waals surface area (Å²) < 4.78 is 0. The van der Waals surface area contributed by atoms with Crippen LogP contribution in [0.1, 0.15) is 19.4 Å². The highest BCUT2D eigenvalue weighted by atomic mass is 15.2. The minimum absolute atomic E-state index is 0.134. The molecule has 0 radical (unpaired) electrons. The molecule has 0 saturated heterocycles. The van der Waals surface area contributed by atoms with Crippen molar-refractivity contribution in [1.82, 2.24) is 9.97 Å². The Balaban J connectivity index is 2.75. The highest BCUT2D eigenvalue weighted by molar-refractivity contribution is 5.79. The van der Waals surface area contributed by atoms with Crippen LogP contribution in [-0.4, -0.2) is 28.9 Å². The number of hydrogen-bond acceptors (Lipinski definition) is 4. The number of nitrogens with zero attached hydrogens (tertiary/aromatic N) is 3. The van der Waals surface area contributed by atoms with Crippen LogP contribution in [0.2, 0.25) is 0 Å². The molecule has 1 aromatic rings. The van der Waals surface area contributed by atoms with Crippen molar-refractivity contribution in [3.05, 3.63) is 18.0 Å². The third-order valence-electron chi connectivity index (χ3n) is 2.13. The molecule has 5 nitrogen and oxygen atoms in total. The molecular formula is C10H17N5. The van der Waals surface area contributed by atoms with Crippen LogP contribution >= 0.6 is 0 Å².